The second kappa shape index (κ2) is 8.03. The predicted molar refractivity (Wildman–Crippen MR) is 95.8 cm³/mol. The second-order valence-electron chi connectivity index (χ2n) is 5.84. The van der Waals surface area contributed by atoms with Gasteiger partial charge in [0, 0.05) is 42.3 Å². The summed E-state index contributed by atoms with van der Waals surface area (Å²) < 4.78 is 5.73. The number of nitrogens with zero attached hydrogens (tertiary/aromatic N) is 2. The standard InChI is InChI=1S/C19H19ClN2O3/c20-18-4-2-1-3-16(18)13-25-17-7-5-15(6-8-17)19(24)22-11-9-21(14-23)10-12-22/h1-8,14H,9-13H2. The van der Waals surface area contributed by atoms with Crippen molar-refractivity contribution in [1.29, 1.82) is 0 Å². The summed E-state index contributed by atoms with van der Waals surface area (Å²) in [6.45, 7) is 2.65. The Morgan fingerprint density at radius 1 is 1.04 bits per heavy atom. The van der Waals surface area contributed by atoms with E-state index >= 15 is 0 Å². The van der Waals surface area contributed by atoms with Gasteiger partial charge in [0.15, 0.2) is 0 Å². The number of carbonyl (C=O) groups excluding carboxylic acids is 2. The maximum Gasteiger partial charge on any atom is 0.253 e. The van der Waals surface area contributed by atoms with Crippen molar-refractivity contribution < 1.29 is 14.3 Å². The largest absolute Gasteiger partial charge is 0.489 e. The smallest absolute Gasteiger partial charge is 0.253 e. The Morgan fingerprint density at radius 2 is 1.72 bits per heavy atom. The van der Waals surface area contributed by atoms with Crippen LogP contribution in [0.4, 0.5) is 0 Å². The van der Waals surface area contributed by atoms with E-state index in [2.05, 4.69) is 0 Å². The van der Waals surface area contributed by atoms with Gasteiger partial charge in [-0.1, -0.05) is 29.8 Å². The Labute approximate surface area is 151 Å². The van der Waals surface area contributed by atoms with Gasteiger partial charge in [0.25, 0.3) is 5.91 Å². The number of hydrogen-bond acceptors (Lipinski definition) is 3. The highest BCUT2D eigenvalue weighted by Crippen LogP contribution is 2.19. The van der Waals surface area contributed by atoms with Crippen molar-refractivity contribution >= 4 is 23.9 Å². The molecule has 1 aliphatic rings. The zero-order chi connectivity index (χ0) is 17.6. The lowest BCUT2D eigenvalue weighted by molar-refractivity contribution is -0.119. The van der Waals surface area contributed by atoms with Gasteiger partial charge in [0.2, 0.25) is 6.41 Å². The number of halogens is 1. The van der Waals surface area contributed by atoms with Crippen LogP contribution in [0.3, 0.4) is 0 Å². The fourth-order valence-electron chi connectivity index (χ4n) is 2.68. The molecule has 0 bridgehead atoms. The first-order chi connectivity index (χ1) is 12.2. The number of rotatable bonds is 5. The van der Waals surface area contributed by atoms with Crippen LogP contribution in [0.1, 0.15) is 15.9 Å². The number of ether oxygens (including phenoxy) is 1. The molecule has 0 radical (unpaired) electrons. The molecular formula is C19H19ClN2O3. The average Bonchev–Trinajstić information content (AvgIpc) is 2.67. The first-order valence-electron chi connectivity index (χ1n) is 8.12. The molecule has 0 atom stereocenters. The molecule has 0 saturated carbocycles. The van der Waals surface area contributed by atoms with Crippen LogP contribution < -0.4 is 4.74 Å². The van der Waals surface area contributed by atoms with Crippen molar-refractivity contribution in [2.24, 2.45) is 0 Å². The summed E-state index contributed by atoms with van der Waals surface area (Å²) in [4.78, 5) is 26.7. The highest BCUT2D eigenvalue weighted by Gasteiger charge is 2.21. The molecule has 0 unspecified atom stereocenters. The first kappa shape index (κ1) is 17.3. The summed E-state index contributed by atoms with van der Waals surface area (Å²) in [6, 6.07) is 14.6. The zero-order valence-corrected chi connectivity index (χ0v) is 14.5. The minimum absolute atomic E-state index is 0.0248. The molecule has 2 amide bonds. The van der Waals surface area contributed by atoms with E-state index in [9.17, 15) is 9.59 Å². The van der Waals surface area contributed by atoms with Gasteiger partial charge in [0.05, 0.1) is 0 Å². The summed E-state index contributed by atoms with van der Waals surface area (Å²) in [6.07, 6.45) is 0.826. The maximum absolute atomic E-state index is 12.5. The third-order valence-electron chi connectivity index (χ3n) is 4.20. The molecule has 0 aromatic heterocycles. The van der Waals surface area contributed by atoms with Gasteiger partial charge >= 0.3 is 0 Å². The molecule has 2 aromatic rings. The monoisotopic (exact) mass is 358 g/mol. The lowest BCUT2D eigenvalue weighted by atomic mass is 10.1. The molecule has 130 valence electrons. The van der Waals surface area contributed by atoms with E-state index in [1.165, 1.54) is 0 Å². The van der Waals surface area contributed by atoms with Crippen molar-refractivity contribution in [3.05, 3.63) is 64.7 Å². The minimum Gasteiger partial charge on any atom is -0.489 e. The highest BCUT2D eigenvalue weighted by molar-refractivity contribution is 6.31. The van der Waals surface area contributed by atoms with E-state index in [4.69, 9.17) is 16.3 Å². The van der Waals surface area contributed by atoms with E-state index < -0.39 is 0 Å². The Bertz CT molecular complexity index is 741. The van der Waals surface area contributed by atoms with Gasteiger partial charge in [-0.25, -0.2) is 0 Å². The summed E-state index contributed by atoms with van der Waals surface area (Å²) >= 11 is 6.11. The molecular weight excluding hydrogens is 340 g/mol. The van der Waals surface area contributed by atoms with Gasteiger partial charge in [-0.15, -0.1) is 0 Å². The van der Waals surface area contributed by atoms with Crippen LogP contribution in [0.5, 0.6) is 5.75 Å². The van der Waals surface area contributed by atoms with Gasteiger partial charge in [-0.05, 0) is 30.3 Å². The van der Waals surface area contributed by atoms with E-state index in [0.29, 0.717) is 49.1 Å². The van der Waals surface area contributed by atoms with Crippen molar-refractivity contribution in [1.82, 2.24) is 9.80 Å². The number of hydrogen-bond donors (Lipinski definition) is 0. The molecule has 0 spiro atoms. The van der Waals surface area contributed by atoms with Crippen molar-refractivity contribution in [2.75, 3.05) is 26.2 Å². The second-order valence-corrected chi connectivity index (χ2v) is 6.25. The summed E-state index contributed by atoms with van der Waals surface area (Å²) in [5, 5.41) is 0.670. The van der Waals surface area contributed by atoms with Crippen molar-refractivity contribution in [3.8, 4) is 5.75 Å². The number of carbonyl (C=O) groups is 2. The van der Waals surface area contributed by atoms with Gasteiger partial charge in [0.1, 0.15) is 12.4 Å². The predicted octanol–water partition coefficient (Wildman–Crippen LogP) is 2.83. The van der Waals surface area contributed by atoms with Crippen LogP contribution in [0.25, 0.3) is 0 Å². The highest BCUT2D eigenvalue weighted by atomic mass is 35.5. The van der Waals surface area contributed by atoms with Crippen LogP contribution in [0.2, 0.25) is 5.02 Å². The van der Waals surface area contributed by atoms with E-state index in [-0.39, 0.29) is 5.91 Å². The van der Waals surface area contributed by atoms with Gasteiger partial charge in [-0.2, -0.15) is 0 Å². The molecule has 0 N–H and O–H groups in total. The molecule has 5 nitrogen and oxygen atoms in total. The van der Waals surface area contributed by atoms with Crippen LogP contribution in [-0.4, -0.2) is 48.3 Å². The summed E-state index contributed by atoms with van der Waals surface area (Å²) in [5.74, 6) is 0.658. The Morgan fingerprint density at radius 3 is 2.36 bits per heavy atom. The van der Waals surface area contributed by atoms with E-state index in [1.54, 1.807) is 34.1 Å². The number of piperazine rings is 1. The number of amides is 2. The maximum atomic E-state index is 12.5. The van der Waals surface area contributed by atoms with Crippen molar-refractivity contribution in [3.63, 3.8) is 0 Å². The van der Waals surface area contributed by atoms with Gasteiger partial charge < -0.3 is 14.5 Å². The molecule has 1 fully saturated rings. The quantitative estimate of drug-likeness (QED) is 0.772. The molecule has 3 rings (SSSR count). The van der Waals surface area contributed by atoms with Crippen LogP contribution in [0, 0.1) is 0 Å². The fraction of sp³-hybridized carbons (Fsp3) is 0.263. The Balaban J connectivity index is 1.57. The molecule has 2 aromatic carbocycles. The molecule has 1 heterocycles. The zero-order valence-electron chi connectivity index (χ0n) is 13.7. The normalized spacial score (nSPS) is 14.3. The molecule has 6 heteroatoms. The van der Waals surface area contributed by atoms with Crippen LogP contribution >= 0.6 is 11.6 Å². The lowest BCUT2D eigenvalue weighted by Crippen LogP contribution is -2.48. The first-order valence-corrected chi connectivity index (χ1v) is 8.50. The minimum atomic E-state index is -0.0248. The summed E-state index contributed by atoms with van der Waals surface area (Å²) in [5.41, 5.74) is 1.53. The Hall–Kier alpha value is -2.53. The van der Waals surface area contributed by atoms with Gasteiger partial charge in [-0.3, -0.25) is 9.59 Å². The third-order valence-corrected chi connectivity index (χ3v) is 4.57. The van der Waals surface area contributed by atoms with Crippen LogP contribution in [0.15, 0.2) is 48.5 Å². The Kier molecular flexibility index (Phi) is 5.56. The van der Waals surface area contributed by atoms with E-state index in [1.807, 2.05) is 24.3 Å². The fourth-order valence-corrected chi connectivity index (χ4v) is 2.87. The number of benzene rings is 2. The van der Waals surface area contributed by atoms with E-state index in [0.717, 1.165) is 12.0 Å². The molecule has 25 heavy (non-hydrogen) atoms. The van der Waals surface area contributed by atoms with Crippen LogP contribution in [-0.2, 0) is 11.4 Å². The summed E-state index contributed by atoms with van der Waals surface area (Å²) in [7, 11) is 0. The SMILES string of the molecule is O=CN1CCN(C(=O)c2ccc(OCc3ccccc3Cl)cc2)CC1. The molecule has 1 saturated heterocycles. The molecule has 0 aliphatic carbocycles. The van der Waals surface area contributed by atoms with Crippen molar-refractivity contribution in [2.45, 2.75) is 6.61 Å². The topological polar surface area (TPSA) is 49.9 Å². The molecule has 1 aliphatic heterocycles. The lowest BCUT2D eigenvalue weighted by Gasteiger charge is -2.32. The average molecular weight is 359 g/mol. The third kappa shape index (κ3) is 4.31.